The van der Waals surface area contributed by atoms with Crippen molar-refractivity contribution in [2.24, 2.45) is 0 Å². The third-order valence-electron chi connectivity index (χ3n) is 0. The summed E-state index contributed by atoms with van der Waals surface area (Å²) in [5, 5.41) is 0. The SMILES string of the molecule is F[B-](F)(F)F.[LiH].[LiH]. The van der Waals surface area contributed by atoms with Crippen LogP contribution in [0.25, 0.3) is 0 Å². The topological polar surface area (TPSA) is 0 Å². The molecule has 7 heavy (non-hydrogen) atoms. The molecule has 0 amide bonds. The molecule has 0 fully saturated rings. The first-order chi connectivity index (χ1) is 2.00. The van der Waals surface area contributed by atoms with Crippen molar-refractivity contribution in [3.8, 4) is 0 Å². The van der Waals surface area contributed by atoms with Gasteiger partial charge in [-0.1, -0.05) is 0 Å². The average molecular weight is 103 g/mol. The van der Waals surface area contributed by atoms with E-state index in [1.165, 1.54) is 0 Å². The molecule has 0 aliphatic rings. The van der Waals surface area contributed by atoms with E-state index >= 15 is 0 Å². The van der Waals surface area contributed by atoms with Gasteiger partial charge in [-0.3, -0.25) is 0 Å². The van der Waals surface area contributed by atoms with Gasteiger partial charge in [0, 0.05) is 0 Å². The van der Waals surface area contributed by atoms with E-state index in [1.54, 1.807) is 0 Å². The van der Waals surface area contributed by atoms with Gasteiger partial charge in [-0.15, -0.1) is 0 Å². The van der Waals surface area contributed by atoms with Crippen LogP contribution in [0.1, 0.15) is 0 Å². The van der Waals surface area contributed by atoms with Crippen LogP contribution in [-0.2, 0) is 0 Å². The second kappa shape index (κ2) is 5.12. The van der Waals surface area contributed by atoms with E-state index in [0.29, 0.717) is 0 Å². The van der Waals surface area contributed by atoms with E-state index in [9.17, 15) is 17.3 Å². The molecule has 36 valence electrons. The zero-order valence-corrected chi connectivity index (χ0v) is 2.09. The van der Waals surface area contributed by atoms with Crippen LogP contribution in [0.3, 0.4) is 0 Å². The second-order valence-corrected chi connectivity index (χ2v) is 0.495. The minimum atomic E-state index is -6.00. The number of rotatable bonds is 0. The quantitative estimate of drug-likeness (QED) is 0.299. The molecule has 0 rings (SSSR count). The van der Waals surface area contributed by atoms with Crippen LogP contribution in [0.15, 0.2) is 0 Å². The van der Waals surface area contributed by atoms with Gasteiger partial charge >= 0.3 is 45.0 Å². The first kappa shape index (κ1) is 15.7. The molecule has 0 spiro atoms. The van der Waals surface area contributed by atoms with Crippen molar-refractivity contribution in [2.75, 3.05) is 0 Å². The van der Waals surface area contributed by atoms with E-state index in [4.69, 9.17) is 0 Å². The molecule has 7 heteroatoms. The molecule has 0 heterocycles. The van der Waals surface area contributed by atoms with Crippen molar-refractivity contribution in [1.29, 1.82) is 0 Å². The third-order valence-corrected chi connectivity index (χ3v) is 0. The third kappa shape index (κ3) is 180. The van der Waals surface area contributed by atoms with E-state index in [0.717, 1.165) is 0 Å². The van der Waals surface area contributed by atoms with Crippen molar-refractivity contribution in [3.63, 3.8) is 0 Å². The Morgan fingerprint density at radius 2 is 0.714 bits per heavy atom. The summed E-state index contributed by atoms with van der Waals surface area (Å²) in [7, 11) is -6.00. The molecule has 0 aromatic heterocycles. The average Bonchev–Trinajstić information content (AvgIpc) is 0.722. The fourth-order valence-electron chi connectivity index (χ4n) is 0. The molecular weight excluding hydrogens is 101 g/mol. The second-order valence-electron chi connectivity index (χ2n) is 0.495. The Hall–Kier alpha value is 0.980. The normalized spacial score (nSPS) is 8.57. The Labute approximate surface area is 62.5 Å². The molecule has 0 aromatic rings. The van der Waals surface area contributed by atoms with Crippen molar-refractivity contribution >= 4 is 45.0 Å². The molecule has 0 N–H and O–H groups in total. The molecule has 0 aromatic carbocycles. The first-order valence-electron chi connectivity index (χ1n) is 0.873. The molecule has 0 aliphatic carbocycles. The Bertz CT molecular complexity index is 25.2. The summed E-state index contributed by atoms with van der Waals surface area (Å²) in [6, 6.07) is 0. The van der Waals surface area contributed by atoms with Crippen LogP contribution in [0, 0.1) is 0 Å². The fraction of sp³-hybridized carbons (Fsp3) is 0. The number of hydrogen-bond acceptors (Lipinski definition) is 0. The van der Waals surface area contributed by atoms with Gasteiger partial charge in [0.2, 0.25) is 0 Å². The zero-order chi connectivity index (χ0) is 4.50. The van der Waals surface area contributed by atoms with Crippen molar-refractivity contribution in [1.82, 2.24) is 0 Å². The number of hydrogen-bond donors (Lipinski definition) is 0. The molecule has 0 saturated carbocycles. The maximum atomic E-state index is 9.75. The van der Waals surface area contributed by atoms with Crippen molar-refractivity contribution in [3.05, 3.63) is 0 Å². The van der Waals surface area contributed by atoms with Crippen LogP contribution < -0.4 is 0 Å². The predicted octanol–water partition coefficient (Wildman–Crippen LogP) is 0.00300. The maximum absolute atomic E-state index is 9.75. The standard InChI is InChI=1S/BF4.2Li.2H/c2-1(3,4)5;;;;/q-1;;;;. The van der Waals surface area contributed by atoms with Gasteiger partial charge in [-0.25, -0.2) is 0 Å². The summed E-state index contributed by atoms with van der Waals surface area (Å²) in [4.78, 5) is 0. The summed E-state index contributed by atoms with van der Waals surface area (Å²) < 4.78 is 39.0. The van der Waals surface area contributed by atoms with Crippen molar-refractivity contribution in [2.45, 2.75) is 0 Å². The Morgan fingerprint density at radius 1 is 0.714 bits per heavy atom. The Kier molecular flexibility index (Phi) is 11.5. The molecule has 0 unspecified atom stereocenters. The summed E-state index contributed by atoms with van der Waals surface area (Å²) in [5.41, 5.74) is 0. The van der Waals surface area contributed by atoms with E-state index in [2.05, 4.69) is 0 Å². The minimum absolute atomic E-state index is 0. The predicted molar refractivity (Wildman–Crippen MR) is 24.5 cm³/mol. The van der Waals surface area contributed by atoms with Crippen LogP contribution >= 0.6 is 0 Å². The Morgan fingerprint density at radius 3 is 0.714 bits per heavy atom. The van der Waals surface area contributed by atoms with Gasteiger partial charge in [-0.2, -0.15) is 0 Å². The van der Waals surface area contributed by atoms with E-state index in [-0.39, 0.29) is 37.7 Å². The fourth-order valence-corrected chi connectivity index (χ4v) is 0. The van der Waals surface area contributed by atoms with Gasteiger partial charge in [0.05, 0.1) is 0 Å². The molecule has 0 aliphatic heterocycles. The van der Waals surface area contributed by atoms with Crippen molar-refractivity contribution < 1.29 is 17.3 Å². The van der Waals surface area contributed by atoms with E-state index < -0.39 is 7.25 Å². The molecule has 0 bridgehead atoms. The molecular formula is H2BF4Li2-. The Balaban J connectivity index is -0.0000000800. The molecule has 0 nitrogen and oxygen atoms in total. The summed E-state index contributed by atoms with van der Waals surface area (Å²) in [6.07, 6.45) is 0. The van der Waals surface area contributed by atoms with Gasteiger partial charge < -0.3 is 17.3 Å². The summed E-state index contributed by atoms with van der Waals surface area (Å²) in [5.74, 6) is 0. The monoisotopic (exact) mass is 103 g/mol. The van der Waals surface area contributed by atoms with Crippen LogP contribution in [0.5, 0.6) is 0 Å². The van der Waals surface area contributed by atoms with Gasteiger partial charge in [0.15, 0.2) is 0 Å². The van der Waals surface area contributed by atoms with Crippen LogP contribution in [0.2, 0.25) is 0 Å². The molecule has 0 radical (unpaired) electrons. The van der Waals surface area contributed by atoms with Gasteiger partial charge in [0.25, 0.3) is 0 Å². The van der Waals surface area contributed by atoms with Crippen LogP contribution in [0.4, 0.5) is 17.3 Å². The first-order valence-corrected chi connectivity index (χ1v) is 0.873. The summed E-state index contributed by atoms with van der Waals surface area (Å²) >= 11 is 0. The zero-order valence-electron chi connectivity index (χ0n) is 2.09. The van der Waals surface area contributed by atoms with Gasteiger partial charge in [0.1, 0.15) is 0 Å². The molecule has 0 saturated heterocycles. The number of halogens is 4. The van der Waals surface area contributed by atoms with Crippen LogP contribution in [-0.4, -0.2) is 45.0 Å². The van der Waals surface area contributed by atoms with E-state index in [1.807, 2.05) is 0 Å². The summed E-state index contributed by atoms with van der Waals surface area (Å²) in [6.45, 7) is 0. The van der Waals surface area contributed by atoms with Gasteiger partial charge in [-0.05, 0) is 0 Å². The molecule has 0 atom stereocenters.